The molecule has 27 heavy (non-hydrogen) atoms. The maximum Gasteiger partial charge on any atom is 0.196 e. The Morgan fingerprint density at radius 2 is 2.07 bits per heavy atom. The molecule has 2 bridgehead atoms. The molecule has 1 unspecified atom stereocenters. The van der Waals surface area contributed by atoms with Crippen molar-refractivity contribution < 1.29 is 4.84 Å². The summed E-state index contributed by atoms with van der Waals surface area (Å²) in [5.74, 6) is 0.870. The highest BCUT2D eigenvalue weighted by molar-refractivity contribution is 5.78. The van der Waals surface area contributed by atoms with Crippen molar-refractivity contribution in [3.8, 4) is 0 Å². The Bertz CT molecular complexity index is 1020. The van der Waals surface area contributed by atoms with Crippen LogP contribution in [0.15, 0.2) is 48.7 Å². The fourth-order valence-corrected chi connectivity index (χ4v) is 4.49. The van der Waals surface area contributed by atoms with E-state index >= 15 is 0 Å². The predicted octanol–water partition coefficient (Wildman–Crippen LogP) is 3.54. The van der Waals surface area contributed by atoms with Crippen LogP contribution in [-0.2, 0) is 6.42 Å². The topological polar surface area (TPSA) is 43.2 Å². The first-order valence-corrected chi connectivity index (χ1v) is 9.59. The molecule has 0 saturated carbocycles. The van der Waals surface area contributed by atoms with Crippen LogP contribution in [0.5, 0.6) is 0 Å². The predicted molar refractivity (Wildman–Crippen MR) is 106 cm³/mol. The highest BCUT2D eigenvalue weighted by Gasteiger charge is 2.37. The molecule has 1 aromatic carbocycles. The SMILES string of the molecule is COn1c(Cc2ccccc2)nc2cc(C3=CC4(C)CCCN3C4)cnc21. The molecule has 5 heteroatoms. The lowest BCUT2D eigenvalue weighted by Gasteiger charge is -2.32. The zero-order chi connectivity index (χ0) is 18.4. The molecule has 2 aromatic heterocycles. The minimum Gasteiger partial charge on any atom is -0.414 e. The average Bonchev–Trinajstić information content (AvgIpc) is 3.14. The molecule has 0 aliphatic carbocycles. The summed E-state index contributed by atoms with van der Waals surface area (Å²) in [6.45, 7) is 4.60. The van der Waals surface area contributed by atoms with E-state index in [9.17, 15) is 0 Å². The van der Waals surface area contributed by atoms with Crippen molar-refractivity contribution in [1.29, 1.82) is 0 Å². The summed E-state index contributed by atoms with van der Waals surface area (Å²) < 4.78 is 1.75. The Hall–Kier alpha value is -2.82. The summed E-state index contributed by atoms with van der Waals surface area (Å²) in [5.41, 5.74) is 5.62. The van der Waals surface area contributed by atoms with Gasteiger partial charge in [0.15, 0.2) is 11.5 Å². The second-order valence-electron chi connectivity index (χ2n) is 7.94. The molecular formula is C22H24N4O. The minimum atomic E-state index is 0.299. The Kier molecular flexibility index (Phi) is 3.71. The van der Waals surface area contributed by atoms with Gasteiger partial charge in [-0.3, -0.25) is 0 Å². The highest BCUT2D eigenvalue weighted by Crippen LogP contribution is 2.43. The van der Waals surface area contributed by atoms with E-state index in [1.165, 1.54) is 24.1 Å². The molecule has 2 aliphatic rings. The van der Waals surface area contributed by atoms with Crippen molar-refractivity contribution >= 4 is 16.9 Å². The Morgan fingerprint density at radius 1 is 1.22 bits per heavy atom. The summed E-state index contributed by atoms with van der Waals surface area (Å²) in [4.78, 5) is 17.6. The van der Waals surface area contributed by atoms with Crippen LogP contribution in [0.25, 0.3) is 16.9 Å². The van der Waals surface area contributed by atoms with E-state index in [1.54, 1.807) is 11.8 Å². The van der Waals surface area contributed by atoms with Gasteiger partial charge in [-0.1, -0.05) is 43.3 Å². The molecule has 1 fully saturated rings. The van der Waals surface area contributed by atoms with E-state index in [1.807, 2.05) is 24.4 Å². The number of benzene rings is 1. The van der Waals surface area contributed by atoms with Gasteiger partial charge in [0, 0.05) is 42.4 Å². The van der Waals surface area contributed by atoms with Gasteiger partial charge in [0.2, 0.25) is 0 Å². The van der Waals surface area contributed by atoms with Crippen LogP contribution in [0.2, 0.25) is 0 Å². The molecule has 1 atom stereocenters. The molecule has 4 heterocycles. The number of fused-ring (bicyclic) bond motifs is 3. The van der Waals surface area contributed by atoms with E-state index in [0.29, 0.717) is 11.8 Å². The maximum atomic E-state index is 5.59. The monoisotopic (exact) mass is 360 g/mol. The minimum absolute atomic E-state index is 0.299. The van der Waals surface area contributed by atoms with Crippen molar-refractivity contribution in [2.75, 3.05) is 20.2 Å². The average molecular weight is 360 g/mol. The highest BCUT2D eigenvalue weighted by atomic mass is 16.6. The number of pyridine rings is 1. The third-order valence-corrected chi connectivity index (χ3v) is 5.76. The number of rotatable bonds is 4. The number of imidazole rings is 1. The van der Waals surface area contributed by atoms with Gasteiger partial charge in [-0.15, -0.1) is 4.73 Å². The van der Waals surface area contributed by atoms with Crippen LogP contribution < -0.4 is 4.84 Å². The molecule has 5 nitrogen and oxygen atoms in total. The first-order valence-electron chi connectivity index (χ1n) is 9.59. The van der Waals surface area contributed by atoms with Gasteiger partial charge in [-0.25, -0.2) is 9.97 Å². The van der Waals surface area contributed by atoms with Crippen molar-refractivity contribution in [1.82, 2.24) is 19.6 Å². The first kappa shape index (κ1) is 16.4. The van der Waals surface area contributed by atoms with Crippen LogP contribution in [0.1, 0.15) is 36.7 Å². The second-order valence-corrected chi connectivity index (χ2v) is 7.94. The number of piperidine rings is 1. The third-order valence-electron chi connectivity index (χ3n) is 5.76. The Balaban J connectivity index is 1.55. The van der Waals surface area contributed by atoms with Gasteiger partial charge in [0.05, 0.1) is 0 Å². The summed E-state index contributed by atoms with van der Waals surface area (Å²) in [5, 5.41) is 0. The lowest BCUT2D eigenvalue weighted by atomic mass is 9.85. The molecule has 138 valence electrons. The van der Waals surface area contributed by atoms with E-state index < -0.39 is 0 Å². The summed E-state index contributed by atoms with van der Waals surface area (Å²) in [7, 11) is 1.67. The number of hydrogen-bond acceptors (Lipinski definition) is 4. The van der Waals surface area contributed by atoms with Gasteiger partial charge in [0.25, 0.3) is 0 Å². The molecule has 1 saturated heterocycles. The number of nitrogens with zero attached hydrogens (tertiary/aromatic N) is 4. The molecular weight excluding hydrogens is 336 g/mol. The molecule has 0 radical (unpaired) electrons. The van der Waals surface area contributed by atoms with Gasteiger partial charge in [0.1, 0.15) is 12.6 Å². The molecule has 2 aliphatic heterocycles. The zero-order valence-corrected chi connectivity index (χ0v) is 15.9. The van der Waals surface area contributed by atoms with Crippen LogP contribution in [0.4, 0.5) is 0 Å². The third kappa shape index (κ3) is 2.78. The Labute approximate surface area is 159 Å². The second kappa shape index (κ2) is 6.12. The van der Waals surface area contributed by atoms with Crippen LogP contribution in [0.3, 0.4) is 0 Å². The number of aromatic nitrogens is 3. The van der Waals surface area contributed by atoms with E-state index in [-0.39, 0.29) is 0 Å². The fourth-order valence-electron chi connectivity index (χ4n) is 4.49. The smallest absolute Gasteiger partial charge is 0.196 e. The molecule has 3 aromatic rings. The lowest BCUT2D eigenvalue weighted by Crippen LogP contribution is -2.33. The van der Waals surface area contributed by atoms with Crippen LogP contribution in [-0.4, -0.2) is 39.8 Å². The van der Waals surface area contributed by atoms with Crippen molar-refractivity contribution in [2.45, 2.75) is 26.2 Å². The van der Waals surface area contributed by atoms with E-state index in [4.69, 9.17) is 14.8 Å². The first-order chi connectivity index (χ1) is 13.1. The lowest BCUT2D eigenvalue weighted by molar-refractivity contribution is 0.168. The summed E-state index contributed by atoms with van der Waals surface area (Å²) in [6.07, 6.45) is 7.63. The molecule has 0 amide bonds. The van der Waals surface area contributed by atoms with Crippen molar-refractivity contribution in [3.05, 3.63) is 65.6 Å². The van der Waals surface area contributed by atoms with Crippen LogP contribution in [0, 0.1) is 5.41 Å². The van der Waals surface area contributed by atoms with Gasteiger partial charge in [-0.2, -0.15) is 0 Å². The molecule has 5 rings (SSSR count). The summed E-state index contributed by atoms with van der Waals surface area (Å²) in [6, 6.07) is 12.5. The quantitative estimate of drug-likeness (QED) is 0.714. The van der Waals surface area contributed by atoms with Gasteiger partial charge < -0.3 is 9.74 Å². The summed E-state index contributed by atoms with van der Waals surface area (Å²) >= 11 is 0. The Morgan fingerprint density at radius 3 is 2.85 bits per heavy atom. The fraction of sp³-hybridized carbons (Fsp3) is 0.364. The van der Waals surface area contributed by atoms with E-state index in [2.05, 4.69) is 36.1 Å². The standard InChI is InChI=1S/C22H24N4O/c1-22-9-6-10-25(15-22)19(13-22)17-12-18-21(23-14-17)26(27-2)20(24-18)11-16-7-4-3-5-8-16/h3-5,7-8,12-14H,6,9-11,15H2,1-2H3. The van der Waals surface area contributed by atoms with Crippen LogP contribution >= 0.6 is 0 Å². The largest absolute Gasteiger partial charge is 0.414 e. The van der Waals surface area contributed by atoms with Crippen molar-refractivity contribution in [2.24, 2.45) is 5.41 Å². The molecule has 0 N–H and O–H groups in total. The van der Waals surface area contributed by atoms with Gasteiger partial charge in [-0.05, 0) is 24.5 Å². The zero-order valence-electron chi connectivity index (χ0n) is 15.9. The van der Waals surface area contributed by atoms with Gasteiger partial charge >= 0.3 is 0 Å². The van der Waals surface area contributed by atoms with Crippen molar-refractivity contribution in [3.63, 3.8) is 0 Å². The number of hydrogen-bond donors (Lipinski definition) is 0. The normalized spacial score (nSPS) is 21.6. The van der Waals surface area contributed by atoms with E-state index in [0.717, 1.165) is 35.6 Å². The molecule has 0 spiro atoms. The maximum absolute atomic E-state index is 5.59.